The molecular weight excluding hydrogens is 280 g/mol. The lowest BCUT2D eigenvalue weighted by atomic mass is 10.2. The summed E-state index contributed by atoms with van der Waals surface area (Å²) in [6.07, 6.45) is 3.78. The zero-order valence-corrected chi connectivity index (χ0v) is 12.7. The third-order valence-electron chi connectivity index (χ3n) is 4.12. The van der Waals surface area contributed by atoms with Gasteiger partial charge in [-0.2, -0.15) is 5.10 Å². The van der Waals surface area contributed by atoms with Crippen molar-refractivity contribution < 1.29 is 4.52 Å². The summed E-state index contributed by atoms with van der Waals surface area (Å²) in [7, 11) is 0. The van der Waals surface area contributed by atoms with E-state index in [0.717, 1.165) is 48.2 Å². The Labute approximate surface area is 127 Å². The Morgan fingerprint density at radius 1 is 1.36 bits per heavy atom. The molecule has 7 heteroatoms. The van der Waals surface area contributed by atoms with E-state index in [1.807, 2.05) is 26.2 Å². The highest BCUT2D eigenvalue weighted by Gasteiger charge is 2.17. The number of hydrogen-bond acceptors (Lipinski definition) is 5. The number of nitrogens with zero attached hydrogens (tertiary/aromatic N) is 5. The van der Waals surface area contributed by atoms with E-state index < -0.39 is 0 Å². The Bertz CT molecular complexity index is 769. The van der Waals surface area contributed by atoms with E-state index in [0.29, 0.717) is 6.54 Å². The molecule has 1 aliphatic rings. The summed E-state index contributed by atoms with van der Waals surface area (Å²) in [4.78, 5) is 4.49. The minimum absolute atomic E-state index is 0.691. The first-order chi connectivity index (χ1) is 10.7. The van der Waals surface area contributed by atoms with Crippen LogP contribution < -0.4 is 5.32 Å². The van der Waals surface area contributed by atoms with Crippen LogP contribution in [0.25, 0.3) is 11.5 Å². The number of nitrogens with one attached hydrogen (secondary N) is 1. The van der Waals surface area contributed by atoms with Crippen LogP contribution in [0.2, 0.25) is 0 Å². The van der Waals surface area contributed by atoms with E-state index in [-0.39, 0.29) is 0 Å². The Hall–Kier alpha value is -2.41. The number of hydrogen-bond donors (Lipinski definition) is 1. The molecule has 114 valence electrons. The van der Waals surface area contributed by atoms with Crippen LogP contribution in [-0.2, 0) is 19.6 Å². The second kappa shape index (κ2) is 5.10. The standard InChI is InChI=1S/C15H18N6O/c1-10-13(11(2)22-19-10)9-20-5-4-17-15(20)14-7-12-8-16-3-6-21(12)18-14/h4-5,7,16H,3,6,8-9H2,1-2H3. The van der Waals surface area contributed by atoms with Gasteiger partial charge in [-0.3, -0.25) is 4.68 Å². The predicted molar refractivity (Wildman–Crippen MR) is 80.2 cm³/mol. The molecule has 0 bridgehead atoms. The van der Waals surface area contributed by atoms with Crippen molar-refractivity contribution in [1.29, 1.82) is 0 Å². The highest BCUT2D eigenvalue weighted by Crippen LogP contribution is 2.21. The summed E-state index contributed by atoms with van der Waals surface area (Å²) in [5.41, 5.74) is 4.14. The topological polar surface area (TPSA) is 73.7 Å². The molecule has 1 N–H and O–H groups in total. The van der Waals surface area contributed by atoms with Gasteiger partial charge in [0.15, 0.2) is 5.82 Å². The van der Waals surface area contributed by atoms with Crippen molar-refractivity contribution in [3.63, 3.8) is 0 Å². The maximum atomic E-state index is 5.24. The van der Waals surface area contributed by atoms with Crippen LogP contribution in [0, 0.1) is 13.8 Å². The summed E-state index contributed by atoms with van der Waals surface area (Å²) >= 11 is 0. The van der Waals surface area contributed by atoms with E-state index >= 15 is 0 Å². The zero-order valence-electron chi connectivity index (χ0n) is 12.7. The van der Waals surface area contributed by atoms with Crippen LogP contribution in [-0.4, -0.2) is 31.0 Å². The second-order valence-corrected chi connectivity index (χ2v) is 5.60. The number of aryl methyl sites for hydroxylation is 2. The van der Waals surface area contributed by atoms with Gasteiger partial charge in [0.1, 0.15) is 11.5 Å². The monoisotopic (exact) mass is 298 g/mol. The fraction of sp³-hybridized carbons (Fsp3) is 0.400. The minimum Gasteiger partial charge on any atom is -0.361 e. The number of rotatable bonds is 3. The van der Waals surface area contributed by atoms with Gasteiger partial charge in [-0.25, -0.2) is 4.98 Å². The minimum atomic E-state index is 0.691. The van der Waals surface area contributed by atoms with Gasteiger partial charge in [0.05, 0.1) is 24.5 Å². The molecule has 7 nitrogen and oxygen atoms in total. The molecule has 4 heterocycles. The highest BCUT2D eigenvalue weighted by molar-refractivity contribution is 5.51. The summed E-state index contributed by atoms with van der Waals surface area (Å²) in [5.74, 6) is 1.73. The number of imidazole rings is 1. The summed E-state index contributed by atoms with van der Waals surface area (Å²) < 4.78 is 9.39. The highest BCUT2D eigenvalue weighted by atomic mass is 16.5. The van der Waals surface area contributed by atoms with Crippen molar-refractivity contribution in [3.05, 3.63) is 41.2 Å². The Balaban J connectivity index is 1.69. The van der Waals surface area contributed by atoms with E-state index in [2.05, 4.69) is 35.9 Å². The van der Waals surface area contributed by atoms with E-state index in [9.17, 15) is 0 Å². The Morgan fingerprint density at radius 3 is 3.05 bits per heavy atom. The Morgan fingerprint density at radius 2 is 2.27 bits per heavy atom. The van der Waals surface area contributed by atoms with Gasteiger partial charge >= 0.3 is 0 Å². The van der Waals surface area contributed by atoms with Crippen molar-refractivity contribution >= 4 is 0 Å². The molecule has 4 rings (SSSR count). The van der Waals surface area contributed by atoms with Crippen molar-refractivity contribution in [2.45, 2.75) is 33.5 Å². The van der Waals surface area contributed by atoms with Crippen LogP contribution in [0.3, 0.4) is 0 Å². The van der Waals surface area contributed by atoms with Gasteiger partial charge in [0.25, 0.3) is 0 Å². The molecule has 3 aromatic heterocycles. The molecular formula is C15H18N6O. The third-order valence-corrected chi connectivity index (χ3v) is 4.12. The predicted octanol–water partition coefficient (Wildman–Crippen LogP) is 1.50. The van der Waals surface area contributed by atoms with Gasteiger partial charge in [-0.05, 0) is 19.9 Å². The zero-order chi connectivity index (χ0) is 15.1. The van der Waals surface area contributed by atoms with Crippen LogP contribution in [0.15, 0.2) is 23.0 Å². The SMILES string of the molecule is Cc1noc(C)c1Cn1ccnc1-c1cc2n(n1)CCNC2. The molecule has 0 aliphatic carbocycles. The molecule has 22 heavy (non-hydrogen) atoms. The van der Waals surface area contributed by atoms with Gasteiger partial charge in [0.2, 0.25) is 0 Å². The third kappa shape index (κ3) is 2.14. The largest absolute Gasteiger partial charge is 0.361 e. The average molecular weight is 298 g/mol. The quantitative estimate of drug-likeness (QED) is 0.793. The number of fused-ring (bicyclic) bond motifs is 1. The van der Waals surface area contributed by atoms with Crippen molar-refractivity contribution in [1.82, 2.24) is 29.8 Å². The van der Waals surface area contributed by atoms with Crippen LogP contribution in [0.1, 0.15) is 22.7 Å². The maximum Gasteiger partial charge on any atom is 0.160 e. The van der Waals surface area contributed by atoms with Gasteiger partial charge in [0, 0.05) is 31.0 Å². The lowest BCUT2D eigenvalue weighted by Crippen LogP contribution is -2.28. The maximum absolute atomic E-state index is 5.24. The first-order valence-electron chi connectivity index (χ1n) is 7.43. The molecule has 3 aromatic rings. The first-order valence-corrected chi connectivity index (χ1v) is 7.43. The molecule has 1 aliphatic heterocycles. The number of aromatic nitrogens is 5. The lowest BCUT2D eigenvalue weighted by Gasteiger charge is -2.13. The van der Waals surface area contributed by atoms with Gasteiger partial charge < -0.3 is 14.4 Å². The smallest absolute Gasteiger partial charge is 0.160 e. The van der Waals surface area contributed by atoms with Crippen LogP contribution >= 0.6 is 0 Å². The molecule has 0 aromatic carbocycles. The fourth-order valence-corrected chi connectivity index (χ4v) is 2.87. The van der Waals surface area contributed by atoms with Crippen LogP contribution in [0.4, 0.5) is 0 Å². The lowest BCUT2D eigenvalue weighted by molar-refractivity contribution is 0.392. The van der Waals surface area contributed by atoms with Crippen molar-refractivity contribution in [3.8, 4) is 11.5 Å². The Kier molecular flexibility index (Phi) is 3.07. The molecule has 0 saturated heterocycles. The van der Waals surface area contributed by atoms with Crippen LogP contribution in [0.5, 0.6) is 0 Å². The molecule has 0 fully saturated rings. The first kappa shape index (κ1) is 13.3. The fourth-order valence-electron chi connectivity index (χ4n) is 2.87. The molecule has 0 radical (unpaired) electrons. The normalized spacial score (nSPS) is 14.3. The van der Waals surface area contributed by atoms with Gasteiger partial charge in [-0.1, -0.05) is 5.16 Å². The summed E-state index contributed by atoms with van der Waals surface area (Å²) in [5, 5.41) is 12.1. The second-order valence-electron chi connectivity index (χ2n) is 5.60. The van der Waals surface area contributed by atoms with Gasteiger partial charge in [-0.15, -0.1) is 0 Å². The molecule has 0 spiro atoms. The summed E-state index contributed by atoms with van der Waals surface area (Å²) in [6, 6.07) is 2.11. The van der Waals surface area contributed by atoms with Crippen molar-refractivity contribution in [2.24, 2.45) is 0 Å². The van der Waals surface area contributed by atoms with E-state index in [4.69, 9.17) is 4.52 Å². The van der Waals surface area contributed by atoms with E-state index in [1.54, 1.807) is 0 Å². The molecule has 0 amide bonds. The molecule has 0 saturated carbocycles. The van der Waals surface area contributed by atoms with Crippen molar-refractivity contribution in [2.75, 3.05) is 6.54 Å². The summed E-state index contributed by atoms with van der Waals surface area (Å²) in [6.45, 7) is 7.31. The molecule has 0 atom stereocenters. The average Bonchev–Trinajstić information content (AvgIpc) is 3.21. The van der Waals surface area contributed by atoms with E-state index in [1.165, 1.54) is 5.69 Å². The molecule has 0 unspecified atom stereocenters.